The van der Waals surface area contributed by atoms with E-state index in [2.05, 4.69) is 10.3 Å². The predicted octanol–water partition coefficient (Wildman–Crippen LogP) is 3.59. The third-order valence-electron chi connectivity index (χ3n) is 2.70. The lowest BCUT2D eigenvalue weighted by atomic mass is 10.2. The van der Waals surface area contributed by atoms with Gasteiger partial charge < -0.3 is 14.2 Å². The van der Waals surface area contributed by atoms with E-state index in [0.717, 1.165) is 22.5 Å². The van der Waals surface area contributed by atoms with Crippen LogP contribution in [-0.4, -0.2) is 4.98 Å². The number of nitrogens with one attached hydrogen (secondary N) is 1. The standard InChI is InChI=1S/C13H12N2O2/c1-9(11-3-2-7-16-11)15-13-10-5-8-17-12(10)4-6-14-13/h2-9H,1H3,(H,14,15). The van der Waals surface area contributed by atoms with Gasteiger partial charge in [-0.05, 0) is 31.2 Å². The van der Waals surface area contributed by atoms with Crippen molar-refractivity contribution in [1.82, 2.24) is 4.98 Å². The van der Waals surface area contributed by atoms with Gasteiger partial charge in [-0.15, -0.1) is 0 Å². The van der Waals surface area contributed by atoms with E-state index < -0.39 is 0 Å². The SMILES string of the molecule is CC(Nc1nccc2occc12)c1ccco1. The highest BCUT2D eigenvalue weighted by molar-refractivity contribution is 5.87. The van der Waals surface area contributed by atoms with Crippen molar-refractivity contribution in [2.24, 2.45) is 0 Å². The van der Waals surface area contributed by atoms with E-state index in [-0.39, 0.29) is 6.04 Å². The maximum Gasteiger partial charge on any atom is 0.139 e. The smallest absolute Gasteiger partial charge is 0.139 e. The maximum absolute atomic E-state index is 5.35. The summed E-state index contributed by atoms with van der Waals surface area (Å²) in [7, 11) is 0. The van der Waals surface area contributed by atoms with Crippen molar-refractivity contribution in [1.29, 1.82) is 0 Å². The van der Waals surface area contributed by atoms with Crippen molar-refractivity contribution in [3.63, 3.8) is 0 Å². The molecule has 17 heavy (non-hydrogen) atoms. The Hall–Kier alpha value is -2.23. The molecule has 0 bridgehead atoms. The van der Waals surface area contributed by atoms with Crippen LogP contribution in [0, 0.1) is 0 Å². The van der Waals surface area contributed by atoms with Gasteiger partial charge >= 0.3 is 0 Å². The van der Waals surface area contributed by atoms with Crippen LogP contribution in [0.2, 0.25) is 0 Å². The number of nitrogens with zero attached hydrogens (tertiary/aromatic N) is 1. The number of aromatic nitrogens is 1. The molecule has 0 radical (unpaired) electrons. The monoisotopic (exact) mass is 228 g/mol. The van der Waals surface area contributed by atoms with E-state index in [0.29, 0.717) is 0 Å². The topological polar surface area (TPSA) is 51.2 Å². The molecule has 86 valence electrons. The molecule has 0 fully saturated rings. The largest absolute Gasteiger partial charge is 0.467 e. The van der Waals surface area contributed by atoms with Crippen LogP contribution in [-0.2, 0) is 0 Å². The van der Waals surface area contributed by atoms with Crippen LogP contribution in [0.5, 0.6) is 0 Å². The second-order valence-electron chi connectivity index (χ2n) is 3.87. The summed E-state index contributed by atoms with van der Waals surface area (Å²) in [6, 6.07) is 7.63. The van der Waals surface area contributed by atoms with E-state index in [4.69, 9.17) is 8.83 Å². The summed E-state index contributed by atoms with van der Waals surface area (Å²) >= 11 is 0. The Bertz CT molecular complexity index is 613. The zero-order valence-electron chi connectivity index (χ0n) is 9.38. The summed E-state index contributed by atoms with van der Waals surface area (Å²) in [6.45, 7) is 2.03. The molecule has 4 nitrogen and oxygen atoms in total. The Labute approximate surface area is 98.3 Å². The van der Waals surface area contributed by atoms with Gasteiger partial charge in [0.1, 0.15) is 17.2 Å². The summed E-state index contributed by atoms with van der Waals surface area (Å²) in [5.74, 6) is 1.69. The fourth-order valence-corrected chi connectivity index (χ4v) is 1.82. The van der Waals surface area contributed by atoms with Crippen LogP contribution >= 0.6 is 0 Å². The van der Waals surface area contributed by atoms with Crippen LogP contribution in [0.4, 0.5) is 5.82 Å². The normalized spacial score (nSPS) is 12.8. The minimum absolute atomic E-state index is 0.0676. The molecule has 1 unspecified atom stereocenters. The molecule has 0 saturated heterocycles. The lowest BCUT2D eigenvalue weighted by molar-refractivity contribution is 0.490. The highest BCUT2D eigenvalue weighted by Crippen LogP contribution is 2.25. The molecule has 0 spiro atoms. The average molecular weight is 228 g/mol. The summed E-state index contributed by atoms with van der Waals surface area (Å²) in [5, 5.41) is 4.29. The van der Waals surface area contributed by atoms with Crippen molar-refractivity contribution in [3.8, 4) is 0 Å². The van der Waals surface area contributed by atoms with E-state index in [1.54, 1.807) is 18.7 Å². The van der Waals surface area contributed by atoms with Gasteiger partial charge in [-0.25, -0.2) is 4.98 Å². The fourth-order valence-electron chi connectivity index (χ4n) is 1.82. The second-order valence-corrected chi connectivity index (χ2v) is 3.87. The summed E-state index contributed by atoms with van der Waals surface area (Å²) in [5.41, 5.74) is 0.828. The van der Waals surface area contributed by atoms with Gasteiger partial charge in [0.2, 0.25) is 0 Å². The molecule has 0 saturated carbocycles. The maximum atomic E-state index is 5.35. The molecular formula is C13H12N2O2. The van der Waals surface area contributed by atoms with Gasteiger partial charge in [0.05, 0.1) is 24.0 Å². The van der Waals surface area contributed by atoms with Crippen molar-refractivity contribution in [2.75, 3.05) is 5.32 Å². The predicted molar refractivity (Wildman–Crippen MR) is 64.8 cm³/mol. The van der Waals surface area contributed by atoms with E-state index in [1.165, 1.54) is 0 Å². The average Bonchev–Trinajstić information content (AvgIpc) is 3.00. The van der Waals surface area contributed by atoms with E-state index in [9.17, 15) is 0 Å². The molecule has 0 aliphatic heterocycles. The number of fused-ring (bicyclic) bond motifs is 1. The second kappa shape index (κ2) is 3.97. The summed E-state index contributed by atoms with van der Waals surface area (Å²) < 4.78 is 10.7. The summed E-state index contributed by atoms with van der Waals surface area (Å²) in [4.78, 5) is 4.32. The number of furan rings is 2. The number of pyridine rings is 1. The zero-order valence-corrected chi connectivity index (χ0v) is 9.38. The van der Waals surface area contributed by atoms with Crippen molar-refractivity contribution < 1.29 is 8.83 Å². The minimum Gasteiger partial charge on any atom is -0.467 e. The van der Waals surface area contributed by atoms with Crippen molar-refractivity contribution >= 4 is 16.8 Å². The first-order chi connectivity index (χ1) is 8.34. The number of hydrogen-bond donors (Lipinski definition) is 1. The first kappa shape index (κ1) is 9.96. The van der Waals surface area contributed by atoms with Gasteiger partial charge in [-0.2, -0.15) is 0 Å². The molecule has 0 aliphatic carbocycles. The molecule has 1 atom stereocenters. The van der Waals surface area contributed by atoms with Gasteiger partial charge in [0, 0.05) is 6.20 Å². The van der Waals surface area contributed by atoms with Crippen LogP contribution in [0.15, 0.2) is 51.8 Å². The fraction of sp³-hybridized carbons (Fsp3) is 0.154. The third-order valence-corrected chi connectivity index (χ3v) is 2.70. The molecule has 3 aromatic heterocycles. The van der Waals surface area contributed by atoms with Gasteiger partial charge in [0.25, 0.3) is 0 Å². The van der Waals surface area contributed by atoms with Crippen LogP contribution in [0.25, 0.3) is 11.0 Å². The number of rotatable bonds is 3. The lowest BCUT2D eigenvalue weighted by Gasteiger charge is -2.12. The van der Waals surface area contributed by atoms with E-state index in [1.807, 2.05) is 31.2 Å². The minimum atomic E-state index is 0.0676. The Morgan fingerprint density at radius 3 is 2.94 bits per heavy atom. The molecule has 3 aromatic rings. The number of anilines is 1. The molecule has 0 aliphatic rings. The molecular weight excluding hydrogens is 216 g/mol. The highest BCUT2D eigenvalue weighted by Gasteiger charge is 2.11. The van der Waals surface area contributed by atoms with Crippen molar-refractivity contribution in [2.45, 2.75) is 13.0 Å². The van der Waals surface area contributed by atoms with Gasteiger partial charge in [0.15, 0.2) is 0 Å². The van der Waals surface area contributed by atoms with Crippen LogP contribution in [0.3, 0.4) is 0 Å². The Kier molecular flexibility index (Phi) is 2.33. The zero-order chi connectivity index (χ0) is 11.7. The molecule has 4 heteroatoms. The Morgan fingerprint density at radius 2 is 2.12 bits per heavy atom. The van der Waals surface area contributed by atoms with Crippen LogP contribution < -0.4 is 5.32 Å². The van der Waals surface area contributed by atoms with Gasteiger partial charge in [-0.3, -0.25) is 0 Å². The van der Waals surface area contributed by atoms with E-state index >= 15 is 0 Å². The molecule has 3 heterocycles. The molecule has 0 aromatic carbocycles. The Balaban J connectivity index is 1.92. The van der Waals surface area contributed by atoms with Crippen LogP contribution in [0.1, 0.15) is 18.7 Å². The quantitative estimate of drug-likeness (QED) is 0.744. The highest BCUT2D eigenvalue weighted by atomic mass is 16.3. The van der Waals surface area contributed by atoms with Crippen molar-refractivity contribution in [3.05, 3.63) is 48.7 Å². The Morgan fingerprint density at radius 1 is 1.18 bits per heavy atom. The lowest BCUT2D eigenvalue weighted by Crippen LogP contribution is -2.06. The third kappa shape index (κ3) is 1.78. The number of hydrogen-bond acceptors (Lipinski definition) is 4. The summed E-state index contributed by atoms with van der Waals surface area (Å²) in [6.07, 6.45) is 5.05. The molecule has 1 N–H and O–H groups in total. The first-order valence-corrected chi connectivity index (χ1v) is 5.47. The van der Waals surface area contributed by atoms with Gasteiger partial charge in [-0.1, -0.05) is 0 Å². The molecule has 3 rings (SSSR count). The molecule has 0 amide bonds. The first-order valence-electron chi connectivity index (χ1n) is 5.47.